The van der Waals surface area contributed by atoms with Crippen molar-refractivity contribution in [2.45, 2.75) is 26.7 Å². The summed E-state index contributed by atoms with van der Waals surface area (Å²) in [5.41, 5.74) is 6.72. The second-order valence-electron chi connectivity index (χ2n) is 2.69. The summed E-state index contributed by atoms with van der Waals surface area (Å²) in [4.78, 5) is 0. The Morgan fingerprint density at radius 3 is 2.46 bits per heavy atom. The highest BCUT2D eigenvalue weighted by molar-refractivity contribution is 6.30. The van der Waals surface area contributed by atoms with Crippen LogP contribution >= 0.6 is 11.6 Å². The Hall–Kier alpha value is -0.530. The van der Waals surface area contributed by atoms with Crippen LogP contribution in [0.15, 0.2) is 24.3 Å². The average molecular weight is 200 g/mol. The molecule has 74 valence electrons. The quantitative estimate of drug-likeness (QED) is 0.776. The summed E-state index contributed by atoms with van der Waals surface area (Å²) in [6.07, 6.45) is 0. The van der Waals surface area contributed by atoms with Crippen molar-refractivity contribution >= 4 is 11.6 Å². The minimum Gasteiger partial charge on any atom is -0.330 e. The van der Waals surface area contributed by atoms with Gasteiger partial charge >= 0.3 is 0 Å². The van der Waals surface area contributed by atoms with Crippen LogP contribution in [0.4, 0.5) is 0 Å². The number of nitrogens with two attached hydrogens (primary N) is 1. The zero-order valence-electron chi connectivity index (χ0n) is 8.55. The molecule has 2 N–H and O–H groups in total. The highest BCUT2D eigenvalue weighted by atomic mass is 35.5. The topological polar surface area (TPSA) is 26.0 Å². The van der Waals surface area contributed by atoms with Gasteiger partial charge in [0, 0.05) is 5.02 Å². The molecule has 1 nitrogen and oxygen atoms in total. The molecule has 0 aliphatic rings. The molecular formula is C11H18ClN. The molecule has 1 rings (SSSR count). The Kier molecular flexibility index (Phi) is 6.65. The van der Waals surface area contributed by atoms with Gasteiger partial charge < -0.3 is 5.73 Å². The van der Waals surface area contributed by atoms with Gasteiger partial charge in [-0.2, -0.15) is 0 Å². The van der Waals surface area contributed by atoms with Gasteiger partial charge in [0.25, 0.3) is 0 Å². The van der Waals surface area contributed by atoms with Gasteiger partial charge in [0.15, 0.2) is 0 Å². The van der Waals surface area contributed by atoms with Gasteiger partial charge in [-0.05, 0) is 30.2 Å². The van der Waals surface area contributed by atoms with E-state index < -0.39 is 0 Å². The molecule has 13 heavy (non-hydrogen) atoms. The van der Waals surface area contributed by atoms with E-state index in [9.17, 15) is 0 Å². The maximum Gasteiger partial charge on any atom is 0.0408 e. The first-order valence-corrected chi connectivity index (χ1v) is 5.07. The second-order valence-corrected chi connectivity index (χ2v) is 3.13. The standard InChI is InChI=1S/C9H12ClN.C2H6/c1-7(6-11)8-3-2-4-9(10)5-8;1-2/h2-5,7H,6,11H2,1H3;1-2H3/t7-;/m1./s1. The summed E-state index contributed by atoms with van der Waals surface area (Å²) >= 11 is 5.81. The van der Waals surface area contributed by atoms with Crippen LogP contribution < -0.4 is 5.73 Å². The van der Waals surface area contributed by atoms with E-state index in [-0.39, 0.29) is 0 Å². The molecule has 0 aromatic heterocycles. The molecular weight excluding hydrogens is 182 g/mol. The molecule has 1 aromatic rings. The molecule has 0 heterocycles. The van der Waals surface area contributed by atoms with Gasteiger partial charge in [-0.25, -0.2) is 0 Å². The van der Waals surface area contributed by atoms with Crippen LogP contribution in [0.2, 0.25) is 5.02 Å². The fourth-order valence-electron chi connectivity index (χ4n) is 0.949. The summed E-state index contributed by atoms with van der Waals surface area (Å²) in [7, 11) is 0. The largest absolute Gasteiger partial charge is 0.330 e. The lowest BCUT2D eigenvalue weighted by Gasteiger charge is -2.07. The van der Waals surface area contributed by atoms with E-state index in [1.807, 2.05) is 38.1 Å². The Morgan fingerprint density at radius 2 is 2.00 bits per heavy atom. The van der Waals surface area contributed by atoms with Crippen molar-refractivity contribution in [3.05, 3.63) is 34.9 Å². The summed E-state index contributed by atoms with van der Waals surface area (Å²) < 4.78 is 0. The van der Waals surface area contributed by atoms with E-state index >= 15 is 0 Å². The SMILES string of the molecule is CC.C[C@H](CN)c1cccc(Cl)c1. The van der Waals surface area contributed by atoms with Crippen LogP contribution in [0.3, 0.4) is 0 Å². The lowest BCUT2D eigenvalue weighted by molar-refractivity contribution is 0.774. The van der Waals surface area contributed by atoms with Gasteiger partial charge in [0.1, 0.15) is 0 Å². The minimum atomic E-state index is 0.397. The second kappa shape index (κ2) is 6.93. The number of benzene rings is 1. The lowest BCUT2D eigenvalue weighted by Crippen LogP contribution is -2.08. The Morgan fingerprint density at radius 1 is 1.38 bits per heavy atom. The van der Waals surface area contributed by atoms with E-state index in [4.69, 9.17) is 17.3 Å². The van der Waals surface area contributed by atoms with E-state index in [0.717, 1.165) is 5.02 Å². The monoisotopic (exact) mass is 199 g/mol. The third-order valence-corrected chi connectivity index (χ3v) is 2.01. The van der Waals surface area contributed by atoms with Gasteiger partial charge in [0.2, 0.25) is 0 Å². The summed E-state index contributed by atoms with van der Waals surface area (Å²) in [6.45, 7) is 6.76. The van der Waals surface area contributed by atoms with Crippen molar-refractivity contribution in [3.8, 4) is 0 Å². The van der Waals surface area contributed by atoms with E-state index in [1.54, 1.807) is 0 Å². The third kappa shape index (κ3) is 4.30. The highest BCUT2D eigenvalue weighted by Gasteiger charge is 2.01. The minimum absolute atomic E-state index is 0.397. The van der Waals surface area contributed by atoms with Crippen LogP contribution in [-0.4, -0.2) is 6.54 Å². The van der Waals surface area contributed by atoms with Crippen LogP contribution in [-0.2, 0) is 0 Å². The van der Waals surface area contributed by atoms with Crippen molar-refractivity contribution in [1.82, 2.24) is 0 Å². The molecule has 0 saturated carbocycles. The van der Waals surface area contributed by atoms with E-state index in [1.165, 1.54) is 5.56 Å². The molecule has 0 aliphatic heterocycles. The van der Waals surface area contributed by atoms with Crippen LogP contribution in [0.25, 0.3) is 0 Å². The van der Waals surface area contributed by atoms with Gasteiger partial charge in [0.05, 0.1) is 0 Å². The molecule has 0 radical (unpaired) electrons. The van der Waals surface area contributed by atoms with Crippen molar-refractivity contribution in [2.75, 3.05) is 6.54 Å². The van der Waals surface area contributed by atoms with Crippen LogP contribution in [0.1, 0.15) is 32.3 Å². The molecule has 0 fully saturated rings. The number of halogens is 1. The Balaban J connectivity index is 0.000000671. The average Bonchev–Trinajstić information content (AvgIpc) is 2.20. The third-order valence-electron chi connectivity index (χ3n) is 1.77. The first kappa shape index (κ1) is 12.5. The lowest BCUT2D eigenvalue weighted by atomic mass is 10.0. The highest BCUT2D eigenvalue weighted by Crippen LogP contribution is 2.17. The molecule has 0 spiro atoms. The zero-order chi connectivity index (χ0) is 10.3. The maximum atomic E-state index is 5.81. The summed E-state index contributed by atoms with van der Waals surface area (Å²) in [5, 5.41) is 0.780. The van der Waals surface area contributed by atoms with E-state index in [2.05, 4.69) is 6.92 Å². The van der Waals surface area contributed by atoms with Gasteiger partial charge in [-0.15, -0.1) is 0 Å². The summed E-state index contributed by atoms with van der Waals surface area (Å²) in [6, 6.07) is 7.82. The normalized spacial score (nSPS) is 11.5. The molecule has 1 atom stereocenters. The van der Waals surface area contributed by atoms with Crippen LogP contribution in [0, 0.1) is 0 Å². The van der Waals surface area contributed by atoms with Crippen LogP contribution in [0.5, 0.6) is 0 Å². The zero-order valence-corrected chi connectivity index (χ0v) is 9.31. The molecule has 0 unspecified atom stereocenters. The van der Waals surface area contributed by atoms with Gasteiger partial charge in [-0.3, -0.25) is 0 Å². The van der Waals surface area contributed by atoms with E-state index in [0.29, 0.717) is 12.5 Å². The number of hydrogen-bond donors (Lipinski definition) is 1. The fourth-order valence-corrected chi connectivity index (χ4v) is 1.15. The smallest absolute Gasteiger partial charge is 0.0408 e. The molecule has 0 saturated heterocycles. The predicted molar refractivity (Wildman–Crippen MR) is 60.3 cm³/mol. The fraction of sp³-hybridized carbons (Fsp3) is 0.455. The summed E-state index contributed by atoms with van der Waals surface area (Å²) in [5.74, 6) is 0.397. The van der Waals surface area contributed by atoms with Crippen molar-refractivity contribution in [2.24, 2.45) is 5.73 Å². The van der Waals surface area contributed by atoms with Crippen molar-refractivity contribution < 1.29 is 0 Å². The molecule has 2 heteroatoms. The number of hydrogen-bond acceptors (Lipinski definition) is 1. The molecule has 0 bridgehead atoms. The predicted octanol–water partition coefficient (Wildman–Crippen LogP) is 3.43. The first-order valence-electron chi connectivity index (χ1n) is 4.69. The molecule has 0 amide bonds. The van der Waals surface area contributed by atoms with Crippen molar-refractivity contribution in [3.63, 3.8) is 0 Å². The maximum absolute atomic E-state index is 5.81. The number of rotatable bonds is 2. The van der Waals surface area contributed by atoms with Crippen molar-refractivity contribution in [1.29, 1.82) is 0 Å². The molecule has 1 aromatic carbocycles. The molecule has 0 aliphatic carbocycles. The Labute approximate surface area is 85.9 Å². The Bertz CT molecular complexity index is 235. The van der Waals surface area contributed by atoms with Gasteiger partial charge in [-0.1, -0.05) is 44.5 Å². The first-order chi connectivity index (χ1) is 6.24.